The smallest absolute Gasteiger partial charge is 0.335 e. The summed E-state index contributed by atoms with van der Waals surface area (Å²) < 4.78 is 5.21. The Hall–Kier alpha value is -1.55. The molecule has 0 amide bonds. The molecule has 1 unspecified atom stereocenters. The number of aromatic carboxylic acids is 1. The van der Waals surface area contributed by atoms with Gasteiger partial charge in [0.25, 0.3) is 0 Å². The number of anilines is 1. The zero-order chi connectivity index (χ0) is 13.8. The van der Waals surface area contributed by atoms with Gasteiger partial charge in [-0.2, -0.15) is 0 Å². The summed E-state index contributed by atoms with van der Waals surface area (Å²) in [6.07, 6.45) is 3.65. The second-order valence-corrected chi connectivity index (χ2v) is 5.12. The molecule has 0 bridgehead atoms. The number of rotatable bonds is 4. The average molecular weight is 263 g/mol. The molecule has 4 heteroatoms. The zero-order valence-electron chi connectivity index (χ0n) is 11.6. The fourth-order valence-electron chi connectivity index (χ4n) is 2.73. The average Bonchev–Trinajstić information content (AvgIpc) is 2.40. The van der Waals surface area contributed by atoms with Crippen molar-refractivity contribution in [3.63, 3.8) is 0 Å². The Bertz CT molecular complexity index is 459. The number of nitrogens with zero attached hydrogens (tertiary/aromatic N) is 1. The maximum absolute atomic E-state index is 11.1. The molecular formula is C15H21NO3. The number of ether oxygens (including phenoxy) is 1. The van der Waals surface area contributed by atoms with Gasteiger partial charge in [0.2, 0.25) is 0 Å². The van der Waals surface area contributed by atoms with Crippen LogP contribution in [0.2, 0.25) is 0 Å². The Kier molecular flexibility index (Phi) is 4.43. The molecule has 0 aliphatic carbocycles. The van der Waals surface area contributed by atoms with E-state index in [4.69, 9.17) is 9.84 Å². The lowest BCUT2D eigenvalue weighted by Crippen LogP contribution is -2.38. The van der Waals surface area contributed by atoms with E-state index in [0.717, 1.165) is 17.8 Å². The van der Waals surface area contributed by atoms with Crippen LogP contribution in [0.25, 0.3) is 0 Å². The second kappa shape index (κ2) is 6.06. The van der Waals surface area contributed by atoms with Crippen LogP contribution in [-0.4, -0.2) is 30.8 Å². The molecule has 0 saturated carbocycles. The molecule has 0 spiro atoms. The molecule has 1 saturated heterocycles. The molecule has 4 nitrogen and oxygen atoms in total. The van der Waals surface area contributed by atoms with Crippen molar-refractivity contribution < 1.29 is 14.6 Å². The van der Waals surface area contributed by atoms with E-state index in [1.54, 1.807) is 19.2 Å². The number of carbonyl (C=O) groups is 1. The van der Waals surface area contributed by atoms with Gasteiger partial charge < -0.3 is 14.7 Å². The van der Waals surface area contributed by atoms with Gasteiger partial charge in [-0.05, 0) is 44.4 Å². The molecule has 1 aromatic carbocycles. The monoisotopic (exact) mass is 263 g/mol. The lowest BCUT2D eigenvalue weighted by atomic mass is 10.00. The SMILES string of the molecule is COCc1cc(C(=O)O)ccc1N1CCCCC1C. The topological polar surface area (TPSA) is 49.8 Å². The molecule has 0 aromatic heterocycles. The Morgan fingerprint density at radius 3 is 2.89 bits per heavy atom. The van der Waals surface area contributed by atoms with Crippen molar-refractivity contribution >= 4 is 11.7 Å². The van der Waals surface area contributed by atoms with Crippen molar-refractivity contribution in [1.82, 2.24) is 0 Å². The predicted octanol–water partition coefficient (Wildman–Crippen LogP) is 2.91. The molecule has 0 radical (unpaired) electrons. The van der Waals surface area contributed by atoms with Crippen molar-refractivity contribution in [2.45, 2.75) is 38.8 Å². The van der Waals surface area contributed by atoms with Crippen molar-refractivity contribution in [3.05, 3.63) is 29.3 Å². The molecule has 1 aliphatic heterocycles. The molecule has 1 fully saturated rings. The molecule has 1 atom stereocenters. The largest absolute Gasteiger partial charge is 0.478 e. The molecular weight excluding hydrogens is 242 g/mol. The predicted molar refractivity (Wildman–Crippen MR) is 74.8 cm³/mol. The third-order valence-electron chi connectivity index (χ3n) is 3.74. The quantitative estimate of drug-likeness (QED) is 0.907. The van der Waals surface area contributed by atoms with Crippen LogP contribution in [0.5, 0.6) is 0 Å². The van der Waals surface area contributed by atoms with Crippen LogP contribution in [0.1, 0.15) is 42.1 Å². The van der Waals surface area contributed by atoms with E-state index in [2.05, 4.69) is 11.8 Å². The lowest BCUT2D eigenvalue weighted by molar-refractivity contribution is 0.0696. The molecule has 104 valence electrons. The summed E-state index contributed by atoms with van der Waals surface area (Å²) in [5.74, 6) is -0.893. The molecule has 1 heterocycles. The van der Waals surface area contributed by atoms with Crippen LogP contribution in [-0.2, 0) is 11.3 Å². The number of hydrogen-bond acceptors (Lipinski definition) is 3. The molecule has 19 heavy (non-hydrogen) atoms. The van der Waals surface area contributed by atoms with Crippen LogP contribution < -0.4 is 4.90 Å². The first-order valence-corrected chi connectivity index (χ1v) is 6.75. The van der Waals surface area contributed by atoms with Gasteiger partial charge in [-0.3, -0.25) is 0 Å². The summed E-state index contributed by atoms with van der Waals surface area (Å²) >= 11 is 0. The maximum Gasteiger partial charge on any atom is 0.335 e. The van der Waals surface area contributed by atoms with E-state index in [9.17, 15) is 4.79 Å². The second-order valence-electron chi connectivity index (χ2n) is 5.12. The van der Waals surface area contributed by atoms with Crippen molar-refractivity contribution in [2.24, 2.45) is 0 Å². The van der Waals surface area contributed by atoms with Crippen LogP contribution in [0.15, 0.2) is 18.2 Å². The van der Waals surface area contributed by atoms with Crippen LogP contribution >= 0.6 is 0 Å². The first kappa shape index (κ1) is 13.9. The summed E-state index contributed by atoms with van der Waals surface area (Å²) in [4.78, 5) is 13.4. The molecule has 1 N–H and O–H groups in total. The first-order chi connectivity index (χ1) is 9.13. The van der Waals surface area contributed by atoms with Gasteiger partial charge in [0.15, 0.2) is 0 Å². The minimum Gasteiger partial charge on any atom is -0.478 e. The minimum absolute atomic E-state index is 0.320. The van der Waals surface area contributed by atoms with Gasteiger partial charge in [-0.1, -0.05) is 0 Å². The van der Waals surface area contributed by atoms with Gasteiger partial charge in [0.05, 0.1) is 12.2 Å². The first-order valence-electron chi connectivity index (χ1n) is 6.75. The van der Waals surface area contributed by atoms with E-state index in [-0.39, 0.29) is 0 Å². The van der Waals surface area contributed by atoms with E-state index in [0.29, 0.717) is 18.2 Å². The lowest BCUT2D eigenvalue weighted by Gasteiger charge is -2.36. The van der Waals surface area contributed by atoms with Crippen LogP contribution in [0.4, 0.5) is 5.69 Å². The normalized spacial score (nSPS) is 19.5. The standard InChI is InChI=1S/C15H21NO3/c1-11-5-3-4-8-16(11)14-7-6-12(15(17)18)9-13(14)10-19-2/h6-7,9,11H,3-5,8,10H2,1-2H3,(H,17,18). The van der Waals surface area contributed by atoms with Crippen LogP contribution in [0, 0.1) is 0 Å². The summed E-state index contributed by atoms with van der Waals surface area (Å²) in [7, 11) is 1.64. The highest BCUT2D eigenvalue weighted by Gasteiger charge is 2.21. The van der Waals surface area contributed by atoms with E-state index < -0.39 is 5.97 Å². The molecule has 2 rings (SSSR count). The Balaban J connectivity index is 2.34. The Morgan fingerprint density at radius 1 is 1.47 bits per heavy atom. The highest BCUT2D eigenvalue weighted by Crippen LogP contribution is 2.29. The van der Waals surface area contributed by atoms with Gasteiger partial charge in [0.1, 0.15) is 0 Å². The van der Waals surface area contributed by atoms with Crippen LogP contribution in [0.3, 0.4) is 0 Å². The number of piperidine rings is 1. The number of carboxylic acid groups (broad SMARTS) is 1. The van der Waals surface area contributed by atoms with E-state index >= 15 is 0 Å². The summed E-state index contributed by atoms with van der Waals surface area (Å²) in [6.45, 7) is 3.70. The maximum atomic E-state index is 11.1. The highest BCUT2D eigenvalue weighted by molar-refractivity contribution is 5.88. The number of carboxylic acids is 1. The van der Waals surface area contributed by atoms with Gasteiger partial charge in [-0.25, -0.2) is 4.79 Å². The number of benzene rings is 1. The van der Waals surface area contributed by atoms with Gasteiger partial charge >= 0.3 is 5.97 Å². The van der Waals surface area contributed by atoms with Crippen molar-refractivity contribution in [2.75, 3.05) is 18.6 Å². The fourth-order valence-corrected chi connectivity index (χ4v) is 2.73. The molecule has 1 aromatic rings. The number of hydrogen-bond donors (Lipinski definition) is 1. The molecule has 1 aliphatic rings. The Morgan fingerprint density at radius 2 is 2.26 bits per heavy atom. The minimum atomic E-state index is -0.893. The summed E-state index contributed by atoms with van der Waals surface area (Å²) in [6, 6.07) is 5.82. The zero-order valence-corrected chi connectivity index (χ0v) is 11.6. The highest BCUT2D eigenvalue weighted by atomic mass is 16.5. The van der Waals surface area contributed by atoms with E-state index in [1.807, 2.05) is 6.07 Å². The third kappa shape index (κ3) is 3.07. The fraction of sp³-hybridized carbons (Fsp3) is 0.533. The third-order valence-corrected chi connectivity index (χ3v) is 3.74. The van der Waals surface area contributed by atoms with Crippen molar-refractivity contribution in [1.29, 1.82) is 0 Å². The summed E-state index contributed by atoms with van der Waals surface area (Å²) in [5.41, 5.74) is 2.38. The van der Waals surface area contributed by atoms with Gasteiger partial charge in [-0.15, -0.1) is 0 Å². The van der Waals surface area contributed by atoms with Gasteiger partial charge in [0, 0.05) is 30.9 Å². The summed E-state index contributed by atoms with van der Waals surface area (Å²) in [5, 5.41) is 9.08. The van der Waals surface area contributed by atoms with Crippen molar-refractivity contribution in [3.8, 4) is 0 Å². The number of methoxy groups -OCH3 is 1. The Labute approximate surface area is 114 Å². The van der Waals surface area contributed by atoms with E-state index in [1.165, 1.54) is 19.3 Å².